The third-order valence-electron chi connectivity index (χ3n) is 3.29. The highest BCUT2D eigenvalue weighted by atomic mass is 19.1. The van der Waals surface area contributed by atoms with Crippen LogP contribution in [0.3, 0.4) is 0 Å². The molecule has 0 radical (unpaired) electrons. The van der Waals surface area contributed by atoms with Gasteiger partial charge in [-0.1, -0.05) is 13.0 Å². The van der Waals surface area contributed by atoms with Crippen molar-refractivity contribution in [2.24, 2.45) is 0 Å². The first kappa shape index (κ1) is 13.1. The zero-order chi connectivity index (χ0) is 13.0. The largest absolute Gasteiger partial charge is 0.497 e. The van der Waals surface area contributed by atoms with E-state index < -0.39 is 0 Å². The highest BCUT2D eigenvalue weighted by Gasteiger charge is 2.16. The Labute approximate surface area is 108 Å². The maximum Gasteiger partial charge on any atom is 0.134 e. The summed E-state index contributed by atoms with van der Waals surface area (Å²) in [5, 5.41) is 0. The zero-order valence-electron chi connectivity index (χ0n) is 11.1. The molecule has 0 N–H and O–H groups in total. The highest BCUT2D eigenvalue weighted by molar-refractivity contribution is 5.68. The van der Waals surface area contributed by atoms with Crippen molar-refractivity contribution in [1.82, 2.24) is 4.90 Å². The molecule has 18 heavy (non-hydrogen) atoms. The molecule has 1 heterocycles. The molecule has 1 aliphatic rings. The van der Waals surface area contributed by atoms with Gasteiger partial charge in [0.1, 0.15) is 11.6 Å². The second-order valence-corrected chi connectivity index (χ2v) is 4.64. The molecule has 98 valence electrons. The summed E-state index contributed by atoms with van der Waals surface area (Å²) in [6.07, 6.45) is 4.29. The number of methoxy groups -OCH3 is 1. The molecule has 0 unspecified atom stereocenters. The van der Waals surface area contributed by atoms with Crippen LogP contribution in [0.25, 0.3) is 5.57 Å². The predicted molar refractivity (Wildman–Crippen MR) is 72.3 cm³/mol. The minimum atomic E-state index is -0.195. The van der Waals surface area contributed by atoms with E-state index in [0.29, 0.717) is 11.3 Å². The molecule has 0 bridgehead atoms. The Morgan fingerprint density at radius 1 is 1.39 bits per heavy atom. The van der Waals surface area contributed by atoms with E-state index in [1.807, 2.05) is 12.1 Å². The number of benzene rings is 1. The Kier molecular flexibility index (Phi) is 4.37. The lowest BCUT2D eigenvalue weighted by atomic mass is 10.0. The van der Waals surface area contributed by atoms with Gasteiger partial charge in [-0.3, -0.25) is 4.90 Å². The van der Waals surface area contributed by atoms with Gasteiger partial charge in [-0.05, 0) is 37.1 Å². The van der Waals surface area contributed by atoms with Gasteiger partial charge >= 0.3 is 0 Å². The van der Waals surface area contributed by atoms with Gasteiger partial charge < -0.3 is 4.74 Å². The first-order valence-corrected chi connectivity index (χ1v) is 6.50. The van der Waals surface area contributed by atoms with Gasteiger partial charge in [-0.25, -0.2) is 4.39 Å². The lowest BCUT2D eigenvalue weighted by Crippen LogP contribution is -2.30. The van der Waals surface area contributed by atoms with E-state index >= 15 is 0 Å². The number of nitrogens with zero attached hydrogens (tertiary/aromatic N) is 1. The van der Waals surface area contributed by atoms with Crippen LogP contribution in [0.5, 0.6) is 5.75 Å². The van der Waals surface area contributed by atoms with Crippen molar-refractivity contribution in [2.75, 3.05) is 26.7 Å². The van der Waals surface area contributed by atoms with Crippen LogP contribution in [-0.4, -0.2) is 31.6 Å². The van der Waals surface area contributed by atoms with Crippen LogP contribution in [-0.2, 0) is 0 Å². The van der Waals surface area contributed by atoms with Crippen molar-refractivity contribution in [1.29, 1.82) is 0 Å². The Morgan fingerprint density at radius 3 is 2.89 bits per heavy atom. The first-order valence-electron chi connectivity index (χ1n) is 6.50. The Morgan fingerprint density at radius 2 is 2.22 bits per heavy atom. The van der Waals surface area contributed by atoms with Crippen LogP contribution >= 0.6 is 0 Å². The van der Waals surface area contributed by atoms with E-state index in [1.165, 1.54) is 6.07 Å². The molecule has 0 amide bonds. The Bertz CT molecular complexity index is 442. The molecule has 2 rings (SSSR count). The number of hydrogen-bond acceptors (Lipinski definition) is 2. The monoisotopic (exact) mass is 249 g/mol. The molecule has 0 saturated heterocycles. The maximum atomic E-state index is 14.0. The fourth-order valence-electron chi connectivity index (χ4n) is 2.39. The maximum absolute atomic E-state index is 14.0. The van der Waals surface area contributed by atoms with Crippen LogP contribution < -0.4 is 4.74 Å². The van der Waals surface area contributed by atoms with Crippen molar-refractivity contribution in [2.45, 2.75) is 19.8 Å². The minimum Gasteiger partial charge on any atom is -0.497 e. The second-order valence-electron chi connectivity index (χ2n) is 4.64. The SMILES string of the molecule is CCCN1CCC=C(c2ccc(OC)cc2F)C1. The number of ether oxygens (including phenoxy) is 1. The molecule has 0 fully saturated rings. The molecule has 1 aliphatic heterocycles. The molecular formula is C15H20FNO. The van der Waals surface area contributed by atoms with E-state index in [0.717, 1.165) is 38.0 Å². The smallest absolute Gasteiger partial charge is 0.134 e. The molecular weight excluding hydrogens is 229 g/mol. The molecule has 1 aromatic rings. The summed E-state index contributed by atoms with van der Waals surface area (Å²) in [7, 11) is 1.55. The van der Waals surface area contributed by atoms with Gasteiger partial charge in [-0.15, -0.1) is 0 Å². The summed E-state index contributed by atoms with van der Waals surface area (Å²) in [5.74, 6) is 0.372. The number of hydrogen-bond donors (Lipinski definition) is 0. The van der Waals surface area contributed by atoms with Crippen LogP contribution in [0.2, 0.25) is 0 Å². The average Bonchev–Trinajstić information content (AvgIpc) is 2.39. The molecule has 3 heteroatoms. The quantitative estimate of drug-likeness (QED) is 0.811. The standard InChI is InChI=1S/C15H20FNO/c1-3-8-17-9-4-5-12(11-17)14-7-6-13(18-2)10-15(14)16/h5-7,10H,3-4,8-9,11H2,1-2H3. The van der Waals surface area contributed by atoms with Gasteiger partial charge in [0.05, 0.1) is 7.11 Å². The van der Waals surface area contributed by atoms with Crippen LogP contribution in [0, 0.1) is 5.82 Å². The van der Waals surface area contributed by atoms with Crippen molar-refractivity contribution in [3.63, 3.8) is 0 Å². The van der Waals surface area contributed by atoms with Crippen molar-refractivity contribution < 1.29 is 9.13 Å². The molecule has 0 spiro atoms. The van der Waals surface area contributed by atoms with Gasteiger partial charge in [0.2, 0.25) is 0 Å². The molecule has 0 atom stereocenters. The summed E-state index contributed by atoms with van der Waals surface area (Å²) in [6, 6.07) is 5.09. The van der Waals surface area contributed by atoms with Crippen LogP contribution in [0.15, 0.2) is 24.3 Å². The Balaban J connectivity index is 2.18. The van der Waals surface area contributed by atoms with Crippen molar-refractivity contribution in [3.8, 4) is 5.75 Å². The fraction of sp³-hybridized carbons (Fsp3) is 0.467. The molecule has 0 saturated carbocycles. The van der Waals surface area contributed by atoms with Gasteiger partial charge in [0.15, 0.2) is 0 Å². The van der Waals surface area contributed by atoms with Crippen molar-refractivity contribution >= 4 is 5.57 Å². The molecule has 0 aromatic heterocycles. The van der Waals surface area contributed by atoms with Crippen LogP contribution in [0.4, 0.5) is 4.39 Å². The predicted octanol–water partition coefficient (Wildman–Crippen LogP) is 3.33. The van der Waals surface area contributed by atoms with E-state index in [1.54, 1.807) is 7.11 Å². The van der Waals surface area contributed by atoms with Crippen molar-refractivity contribution in [3.05, 3.63) is 35.7 Å². The minimum absolute atomic E-state index is 0.195. The molecule has 0 aliphatic carbocycles. The zero-order valence-corrected chi connectivity index (χ0v) is 11.1. The fourth-order valence-corrected chi connectivity index (χ4v) is 2.39. The van der Waals surface area contributed by atoms with E-state index in [9.17, 15) is 4.39 Å². The molecule has 1 aromatic carbocycles. The van der Waals surface area contributed by atoms with Gasteiger partial charge in [-0.2, -0.15) is 0 Å². The summed E-state index contributed by atoms with van der Waals surface area (Å²) < 4.78 is 19.0. The first-order chi connectivity index (χ1) is 8.74. The lowest BCUT2D eigenvalue weighted by molar-refractivity contribution is 0.305. The summed E-state index contributed by atoms with van der Waals surface area (Å²) in [6.45, 7) is 5.17. The van der Waals surface area contributed by atoms with E-state index in [4.69, 9.17) is 4.74 Å². The topological polar surface area (TPSA) is 12.5 Å². The normalized spacial score (nSPS) is 16.5. The van der Waals surface area contributed by atoms with E-state index in [2.05, 4.69) is 17.9 Å². The van der Waals surface area contributed by atoms with Crippen LogP contribution in [0.1, 0.15) is 25.3 Å². The highest BCUT2D eigenvalue weighted by Crippen LogP contribution is 2.26. The van der Waals surface area contributed by atoms with Gasteiger partial charge in [0.25, 0.3) is 0 Å². The average molecular weight is 249 g/mol. The lowest BCUT2D eigenvalue weighted by Gasteiger charge is -2.27. The second kappa shape index (κ2) is 6.01. The summed E-state index contributed by atoms with van der Waals surface area (Å²) in [5.41, 5.74) is 1.80. The summed E-state index contributed by atoms with van der Waals surface area (Å²) in [4.78, 5) is 2.37. The third kappa shape index (κ3) is 2.91. The third-order valence-corrected chi connectivity index (χ3v) is 3.29. The number of rotatable bonds is 4. The summed E-state index contributed by atoms with van der Waals surface area (Å²) >= 11 is 0. The van der Waals surface area contributed by atoms with E-state index in [-0.39, 0.29) is 5.82 Å². The number of halogens is 1. The molecule has 2 nitrogen and oxygen atoms in total. The van der Waals surface area contributed by atoms with Gasteiger partial charge in [0, 0.05) is 24.7 Å². The Hall–Kier alpha value is -1.35.